The third kappa shape index (κ3) is 3.33. The Morgan fingerprint density at radius 1 is 1.19 bits per heavy atom. The van der Waals surface area contributed by atoms with Gasteiger partial charge in [0, 0.05) is 17.3 Å². The molecular weight excluding hydrogens is 258 g/mol. The summed E-state index contributed by atoms with van der Waals surface area (Å²) >= 11 is 0. The Hall–Kier alpha value is -0.830. The van der Waals surface area contributed by atoms with Crippen LogP contribution in [0.2, 0.25) is 0 Å². The summed E-state index contributed by atoms with van der Waals surface area (Å²) in [5.41, 5.74) is 10.4. The Labute approximate surface area is 130 Å². The van der Waals surface area contributed by atoms with Gasteiger partial charge in [-0.15, -0.1) is 0 Å². The average molecular weight is 291 g/mol. The first-order valence-corrected chi connectivity index (χ1v) is 9.01. The Kier molecular flexibility index (Phi) is 5.86. The van der Waals surface area contributed by atoms with Gasteiger partial charge in [0.15, 0.2) is 0 Å². The number of nitrogens with two attached hydrogens (primary N) is 1. The van der Waals surface area contributed by atoms with Crippen molar-refractivity contribution in [2.75, 3.05) is 0 Å². The van der Waals surface area contributed by atoms with E-state index in [0.29, 0.717) is 6.04 Å². The molecule has 1 aromatic heterocycles. The standard InChI is InChI=1S/C18H33N3/c1-5-13-10-9-11-14(12-13)21-17(8-4)18(15(19)6-2)16(7-3)20-21/h13-15H,5-12,19H2,1-4H3. The smallest absolute Gasteiger partial charge is 0.0672 e. The molecule has 2 rings (SSSR count). The Balaban J connectivity index is 2.36. The fraction of sp³-hybridized carbons (Fsp3) is 0.833. The molecule has 3 nitrogen and oxygen atoms in total. The van der Waals surface area contributed by atoms with E-state index >= 15 is 0 Å². The van der Waals surface area contributed by atoms with Crippen molar-refractivity contribution < 1.29 is 0 Å². The van der Waals surface area contributed by atoms with Gasteiger partial charge in [0.25, 0.3) is 0 Å². The first-order valence-electron chi connectivity index (χ1n) is 9.01. The van der Waals surface area contributed by atoms with Gasteiger partial charge in [0.05, 0.1) is 11.7 Å². The minimum atomic E-state index is 0.147. The van der Waals surface area contributed by atoms with Gasteiger partial charge in [-0.25, -0.2) is 0 Å². The minimum Gasteiger partial charge on any atom is -0.324 e. The molecule has 120 valence electrons. The van der Waals surface area contributed by atoms with Crippen LogP contribution in [0.4, 0.5) is 0 Å². The van der Waals surface area contributed by atoms with E-state index in [0.717, 1.165) is 25.2 Å². The van der Waals surface area contributed by atoms with Crippen LogP contribution in [0.5, 0.6) is 0 Å². The van der Waals surface area contributed by atoms with Crippen molar-refractivity contribution in [1.82, 2.24) is 9.78 Å². The number of hydrogen-bond donors (Lipinski definition) is 1. The molecule has 2 N–H and O–H groups in total. The lowest BCUT2D eigenvalue weighted by Crippen LogP contribution is -2.22. The molecule has 1 heterocycles. The molecule has 21 heavy (non-hydrogen) atoms. The largest absolute Gasteiger partial charge is 0.324 e. The fourth-order valence-corrected chi connectivity index (χ4v) is 3.94. The molecular formula is C18H33N3. The third-order valence-corrected chi connectivity index (χ3v) is 5.29. The van der Waals surface area contributed by atoms with Crippen molar-refractivity contribution >= 4 is 0 Å². The number of hydrogen-bond acceptors (Lipinski definition) is 2. The molecule has 1 aliphatic rings. The zero-order chi connectivity index (χ0) is 15.4. The van der Waals surface area contributed by atoms with E-state index in [1.54, 1.807) is 0 Å². The van der Waals surface area contributed by atoms with Crippen LogP contribution in [0.3, 0.4) is 0 Å². The lowest BCUT2D eigenvalue weighted by molar-refractivity contribution is 0.243. The van der Waals surface area contributed by atoms with E-state index in [4.69, 9.17) is 10.8 Å². The number of aromatic nitrogens is 2. The zero-order valence-corrected chi connectivity index (χ0v) is 14.4. The molecule has 0 spiro atoms. The molecule has 0 aromatic carbocycles. The van der Waals surface area contributed by atoms with Crippen LogP contribution in [-0.4, -0.2) is 9.78 Å². The van der Waals surface area contributed by atoms with E-state index in [-0.39, 0.29) is 6.04 Å². The molecule has 0 saturated heterocycles. The second kappa shape index (κ2) is 7.44. The SMILES string of the molecule is CCc1nn(C2CCCC(CC)C2)c(CC)c1C(N)CC. The quantitative estimate of drug-likeness (QED) is 0.835. The summed E-state index contributed by atoms with van der Waals surface area (Å²) in [6.45, 7) is 8.95. The molecule has 3 atom stereocenters. The van der Waals surface area contributed by atoms with E-state index in [9.17, 15) is 0 Å². The van der Waals surface area contributed by atoms with Gasteiger partial charge in [0.1, 0.15) is 0 Å². The van der Waals surface area contributed by atoms with Gasteiger partial charge in [-0.3, -0.25) is 4.68 Å². The lowest BCUT2D eigenvalue weighted by atomic mass is 9.84. The van der Waals surface area contributed by atoms with Gasteiger partial charge < -0.3 is 5.73 Å². The summed E-state index contributed by atoms with van der Waals surface area (Å²) in [5.74, 6) is 0.881. The van der Waals surface area contributed by atoms with Gasteiger partial charge in [-0.05, 0) is 38.0 Å². The Bertz CT molecular complexity index is 450. The van der Waals surface area contributed by atoms with Gasteiger partial charge in [-0.2, -0.15) is 5.10 Å². The van der Waals surface area contributed by atoms with Crippen molar-refractivity contribution in [3.63, 3.8) is 0 Å². The molecule has 0 radical (unpaired) electrons. The monoisotopic (exact) mass is 291 g/mol. The third-order valence-electron chi connectivity index (χ3n) is 5.29. The van der Waals surface area contributed by atoms with E-state index in [2.05, 4.69) is 32.4 Å². The maximum absolute atomic E-state index is 6.39. The van der Waals surface area contributed by atoms with Crippen molar-refractivity contribution in [1.29, 1.82) is 0 Å². The molecule has 0 bridgehead atoms. The van der Waals surface area contributed by atoms with Crippen molar-refractivity contribution in [3.8, 4) is 0 Å². The van der Waals surface area contributed by atoms with Gasteiger partial charge >= 0.3 is 0 Å². The summed E-state index contributed by atoms with van der Waals surface area (Å²) in [6.07, 6.45) is 9.68. The summed E-state index contributed by atoms with van der Waals surface area (Å²) < 4.78 is 2.37. The van der Waals surface area contributed by atoms with Crippen LogP contribution in [-0.2, 0) is 12.8 Å². The molecule has 1 fully saturated rings. The van der Waals surface area contributed by atoms with E-state index in [1.807, 2.05) is 0 Å². The van der Waals surface area contributed by atoms with Crippen LogP contribution in [0.1, 0.15) is 95.3 Å². The average Bonchev–Trinajstić information content (AvgIpc) is 2.92. The topological polar surface area (TPSA) is 43.8 Å². The Morgan fingerprint density at radius 3 is 2.52 bits per heavy atom. The summed E-state index contributed by atoms with van der Waals surface area (Å²) in [5, 5.41) is 5.00. The Morgan fingerprint density at radius 2 is 1.95 bits per heavy atom. The van der Waals surface area contributed by atoms with Gasteiger partial charge in [-0.1, -0.05) is 47.0 Å². The normalized spacial score (nSPS) is 24.2. The van der Waals surface area contributed by atoms with Crippen LogP contribution in [0, 0.1) is 5.92 Å². The predicted octanol–water partition coefficient (Wildman–Crippen LogP) is 4.56. The molecule has 3 heteroatoms. The van der Waals surface area contributed by atoms with E-state index < -0.39 is 0 Å². The first-order chi connectivity index (χ1) is 10.2. The van der Waals surface area contributed by atoms with E-state index in [1.165, 1.54) is 49.1 Å². The van der Waals surface area contributed by atoms with Crippen molar-refractivity contribution in [2.45, 2.75) is 91.1 Å². The lowest BCUT2D eigenvalue weighted by Gasteiger charge is -2.30. The second-order valence-electron chi connectivity index (χ2n) is 6.57. The second-order valence-corrected chi connectivity index (χ2v) is 6.57. The minimum absolute atomic E-state index is 0.147. The molecule has 1 saturated carbocycles. The molecule has 3 unspecified atom stereocenters. The highest BCUT2D eigenvalue weighted by molar-refractivity contribution is 5.30. The number of rotatable bonds is 6. The predicted molar refractivity (Wildman–Crippen MR) is 89.5 cm³/mol. The maximum Gasteiger partial charge on any atom is 0.0672 e. The highest BCUT2D eigenvalue weighted by Crippen LogP contribution is 2.36. The zero-order valence-electron chi connectivity index (χ0n) is 14.4. The summed E-state index contributed by atoms with van der Waals surface area (Å²) in [7, 11) is 0. The first kappa shape index (κ1) is 16.5. The van der Waals surface area contributed by atoms with Crippen molar-refractivity contribution in [3.05, 3.63) is 17.0 Å². The number of aryl methyl sites for hydroxylation is 1. The molecule has 0 aliphatic heterocycles. The van der Waals surface area contributed by atoms with Crippen LogP contribution in [0.15, 0.2) is 0 Å². The van der Waals surface area contributed by atoms with Crippen LogP contribution < -0.4 is 5.73 Å². The van der Waals surface area contributed by atoms with Crippen LogP contribution >= 0.6 is 0 Å². The van der Waals surface area contributed by atoms with Crippen molar-refractivity contribution in [2.24, 2.45) is 11.7 Å². The molecule has 0 amide bonds. The summed E-state index contributed by atoms with van der Waals surface area (Å²) in [4.78, 5) is 0. The molecule has 1 aromatic rings. The highest BCUT2D eigenvalue weighted by atomic mass is 15.3. The molecule has 1 aliphatic carbocycles. The number of nitrogens with zero attached hydrogens (tertiary/aromatic N) is 2. The van der Waals surface area contributed by atoms with Crippen LogP contribution in [0.25, 0.3) is 0 Å². The van der Waals surface area contributed by atoms with Gasteiger partial charge in [0.2, 0.25) is 0 Å². The fourth-order valence-electron chi connectivity index (χ4n) is 3.94. The highest BCUT2D eigenvalue weighted by Gasteiger charge is 2.27. The maximum atomic E-state index is 6.39. The summed E-state index contributed by atoms with van der Waals surface area (Å²) in [6, 6.07) is 0.746.